The standard InChI is InChI=1S/C24H38.C9H12.C4H10.C2H7N.C2H6/c1-7-13-22(14-8-2)23-16-12-15-20(18-23)17-19(6)24(11-5)21(9-3)10-4;1-7-4-5-8(2)9(3)6-7;1-4(2)3;1-3-2;1-2/h9,12,15-16,18,22,24H,6-8,10-11,13-14,17H2,1-5H3;4-6H,1-3H3;4H,1-3H3;3H,1-2H3;1-2H3/b21-9-;;;;. The van der Waals surface area contributed by atoms with Crippen molar-refractivity contribution in [3.63, 3.8) is 0 Å². The van der Waals surface area contributed by atoms with E-state index in [4.69, 9.17) is 0 Å². The second-order valence-corrected chi connectivity index (χ2v) is 11.9. The molecule has 0 aliphatic heterocycles. The third kappa shape index (κ3) is 21.6. The first-order valence-corrected chi connectivity index (χ1v) is 17.0. The number of benzene rings is 2. The van der Waals surface area contributed by atoms with Crippen LogP contribution in [-0.2, 0) is 6.42 Å². The molecule has 0 amide bonds. The monoisotopic (exact) mass is 580 g/mol. The average molecular weight is 580 g/mol. The lowest BCUT2D eigenvalue weighted by atomic mass is 9.83. The van der Waals surface area contributed by atoms with E-state index >= 15 is 0 Å². The summed E-state index contributed by atoms with van der Waals surface area (Å²) in [4.78, 5) is 0. The Labute approximate surface area is 265 Å². The van der Waals surface area contributed by atoms with Gasteiger partial charge in [0.1, 0.15) is 0 Å². The SMILES string of the molecule is C=C(Cc1cccc(C(CCC)CCC)c1)C(CC)/C(=C\C)CC.CC.CC(C)C.CNC.Cc1ccc(C)c(C)c1. The molecule has 1 N–H and O–H groups in total. The van der Waals surface area contributed by atoms with E-state index in [9.17, 15) is 0 Å². The normalized spacial score (nSPS) is 11.1. The fraction of sp³-hybridized carbons (Fsp3) is 0.610. The topological polar surface area (TPSA) is 12.0 Å². The summed E-state index contributed by atoms with van der Waals surface area (Å²) < 4.78 is 0. The molecule has 0 saturated heterocycles. The van der Waals surface area contributed by atoms with E-state index in [0.717, 1.165) is 31.1 Å². The lowest BCUT2D eigenvalue weighted by Gasteiger charge is -2.22. The molecule has 0 aliphatic rings. The Hall–Kier alpha value is -2.12. The summed E-state index contributed by atoms with van der Waals surface area (Å²) in [6, 6.07) is 15.8. The summed E-state index contributed by atoms with van der Waals surface area (Å²) in [6.07, 6.45) is 10.7. The zero-order valence-electron chi connectivity index (χ0n) is 31.0. The van der Waals surface area contributed by atoms with Crippen LogP contribution in [0.15, 0.2) is 66.3 Å². The Kier molecular flexibility index (Phi) is 30.6. The Bertz CT molecular complexity index is 925. The molecule has 0 heterocycles. The number of hydrogen-bond donors (Lipinski definition) is 1. The quantitative estimate of drug-likeness (QED) is 0.261. The van der Waals surface area contributed by atoms with Crippen molar-refractivity contribution in [1.82, 2.24) is 5.32 Å². The van der Waals surface area contributed by atoms with E-state index in [1.54, 1.807) is 0 Å². The van der Waals surface area contributed by atoms with Crippen LogP contribution in [0.4, 0.5) is 0 Å². The lowest BCUT2D eigenvalue weighted by Crippen LogP contribution is -2.08. The molecule has 1 atom stereocenters. The summed E-state index contributed by atoms with van der Waals surface area (Å²) in [5.41, 5.74) is 9.97. The van der Waals surface area contributed by atoms with Gasteiger partial charge in [-0.1, -0.05) is 147 Å². The van der Waals surface area contributed by atoms with E-state index < -0.39 is 0 Å². The maximum absolute atomic E-state index is 4.44. The minimum absolute atomic E-state index is 0.533. The first-order valence-electron chi connectivity index (χ1n) is 17.0. The highest BCUT2D eigenvalue weighted by Crippen LogP contribution is 2.30. The molecule has 0 aromatic heterocycles. The number of nitrogens with one attached hydrogen (secondary N) is 1. The van der Waals surface area contributed by atoms with Gasteiger partial charge in [-0.25, -0.2) is 0 Å². The maximum atomic E-state index is 4.44. The third-order valence-corrected chi connectivity index (χ3v) is 6.92. The zero-order valence-corrected chi connectivity index (χ0v) is 31.0. The molecule has 0 bridgehead atoms. The van der Waals surface area contributed by atoms with Gasteiger partial charge < -0.3 is 5.32 Å². The molecule has 0 radical (unpaired) electrons. The fourth-order valence-electron chi connectivity index (χ4n) is 4.87. The number of hydrogen-bond acceptors (Lipinski definition) is 1. The Balaban J connectivity index is -0.000000687. The minimum Gasteiger partial charge on any atom is -0.323 e. The summed E-state index contributed by atoms with van der Waals surface area (Å²) in [7, 11) is 3.75. The largest absolute Gasteiger partial charge is 0.323 e. The second kappa shape index (κ2) is 29.0. The van der Waals surface area contributed by atoms with Gasteiger partial charge >= 0.3 is 0 Å². The Morgan fingerprint density at radius 1 is 0.833 bits per heavy atom. The average Bonchev–Trinajstić information content (AvgIpc) is 2.95. The molecule has 0 fully saturated rings. The number of aryl methyl sites for hydroxylation is 3. The van der Waals surface area contributed by atoms with Crippen LogP contribution in [0.25, 0.3) is 0 Å². The van der Waals surface area contributed by atoms with Crippen molar-refractivity contribution in [1.29, 1.82) is 0 Å². The van der Waals surface area contributed by atoms with Gasteiger partial charge in [-0.15, -0.1) is 0 Å². The molecule has 1 unspecified atom stereocenters. The lowest BCUT2D eigenvalue weighted by molar-refractivity contribution is 0.560. The molecule has 1 nitrogen and oxygen atoms in total. The van der Waals surface area contributed by atoms with Gasteiger partial charge in [-0.05, 0) is 108 Å². The van der Waals surface area contributed by atoms with Crippen LogP contribution in [0.1, 0.15) is 141 Å². The van der Waals surface area contributed by atoms with Gasteiger partial charge in [-0.2, -0.15) is 0 Å². The first kappa shape index (κ1) is 44.3. The molecule has 0 saturated carbocycles. The number of rotatable bonds is 11. The van der Waals surface area contributed by atoms with Gasteiger partial charge in [0.15, 0.2) is 0 Å². The van der Waals surface area contributed by atoms with Crippen molar-refractivity contribution < 1.29 is 0 Å². The van der Waals surface area contributed by atoms with Crippen LogP contribution in [0.3, 0.4) is 0 Å². The van der Waals surface area contributed by atoms with Crippen molar-refractivity contribution in [2.75, 3.05) is 14.1 Å². The van der Waals surface area contributed by atoms with Crippen LogP contribution < -0.4 is 5.32 Å². The van der Waals surface area contributed by atoms with Gasteiger partial charge in [0.25, 0.3) is 0 Å². The summed E-state index contributed by atoms with van der Waals surface area (Å²) in [5.74, 6) is 2.09. The van der Waals surface area contributed by atoms with Crippen LogP contribution >= 0.6 is 0 Å². The summed E-state index contributed by atoms with van der Waals surface area (Å²) >= 11 is 0. The highest BCUT2D eigenvalue weighted by molar-refractivity contribution is 5.32. The van der Waals surface area contributed by atoms with Gasteiger partial charge in [-0.3, -0.25) is 0 Å². The Morgan fingerprint density at radius 2 is 1.36 bits per heavy atom. The summed E-state index contributed by atoms with van der Waals surface area (Å²) in [5, 5.41) is 2.75. The van der Waals surface area contributed by atoms with Crippen LogP contribution in [0, 0.1) is 32.6 Å². The predicted molar refractivity (Wildman–Crippen MR) is 197 cm³/mol. The van der Waals surface area contributed by atoms with E-state index in [1.807, 2.05) is 27.9 Å². The second-order valence-electron chi connectivity index (χ2n) is 11.9. The van der Waals surface area contributed by atoms with Gasteiger partial charge in [0.2, 0.25) is 0 Å². The van der Waals surface area contributed by atoms with E-state index in [1.165, 1.54) is 64.6 Å². The smallest absolute Gasteiger partial charge is 0.000472 e. The predicted octanol–water partition coefficient (Wildman–Crippen LogP) is 13.0. The van der Waals surface area contributed by atoms with E-state index in [2.05, 4.69) is 137 Å². The van der Waals surface area contributed by atoms with E-state index in [-0.39, 0.29) is 0 Å². The number of allylic oxidation sites excluding steroid dienone is 3. The summed E-state index contributed by atoms with van der Waals surface area (Å²) in [6.45, 7) is 32.6. The van der Waals surface area contributed by atoms with Crippen molar-refractivity contribution in [3.05, 3.63) is 94.1 Å². The first-order chi connectivity index (χ1) is 19.9. The highest BCUT2D eigenvalue weighted by Gasteiger charge is 2.15. The molecular weight excluding hydrogens is 506 g/mol. The molecule has 0 spiro atoms. The minimum atomic E-state index is 0.533. The molecule has 1 heteroatoms. The maximum Gasteiger partial charge on any atom is 0.000472 e. The van der Waals surface area contributed by atoms with Crippen molar-refractivity contribution in [3.8, 4) is 0 Å². The molecule has 2 rings (SSSR count). The fourth-order valence-corrected chi connectivity index (χ4v) is 4.87. The van der Waals surface area contributed by atoms with Crippen LogP contribution in [-0.4, -0.2) is 14.1 Å². The van der Waals surface area contributed by atoms with Gasteiger partial charge in [0, 0.05) is 5.92 Å². The molecule has 2 aromatic carbocycles. The molecule has 242 valence electrons. The van der Waals surface area contributed by atoms with Crippen molar-refractivity contribution in [2.45, 2.75) is 141 Å². The van der Waals surface area contributed by atoms with Crippen LogP contribution in [0.2, 0.25) is 0 Å². The van der Waals surface area contributed by atoms with Crippen LogP contribution in [0.5, 0.6) is 0 Å². The van der Waals surface area contributed by atoms with Gasteiger partial charge in [0.05, 0.1) is 0 Å². The highest BCUT2D eigenvalue weighted by atomic mass is 14.7. The molecule has 0 aliphatic carbocycles. The van der Waals surface area contributed by atoms with Crippen molar-refractivity contribution >= 4 is 0 Å². The zero-order chi connectivity index (χ0) is 33.1. The third-order valence-electron chi connectivity index (χ3n) is 6.92. The molecule has 42 heavy (non-hydrogen) atoms. The van der Waals surface area contributed by atoms with E-state index in [0.29, 0.717) is 5.92 Å². The Morgan fingerprint density at radius 3 is 1.74 bits per heavy atom. The van der Waals surface area contributed by atoms with Crippen molar-refractivity contribution in [2.24, 2.45) is 11.8 Å². The molecular formula is C41H73N. The molecule has 2 aromatic rings.